The maximum Gasteiger partial charge on any atom is 0.244 e. The fourth-order valence-corrected chi connectivity index (χ4v) is 3.58. The first-order valence-electron chi connectivity index (χ1n) is 8.31. The molecular weight excluding hydrogens is 364 g/mol. The lowest BCUT2D eigenvalue weighted by atomic mass is 10.2. The van der Waals surface area contributed by atoms with E-state index in [9.17, 15) is 9.59 Å². The molecule has 0 bridgehead atoms. The summed E-state index contributed by atoms with van der Waals surface area (Å²) in [7, 11) is 0. The van der Waals surface area contributed by atoms with E-state index in [0.29, 0.717) is 22.4 Å². The molecule has 0 saturated carbocycles. The highest BCUT2D eigenvalue weighted by atomic mass is 32.2. The number of hydrogen-bond acceptors (Lipinski definition) is 6. The number of fused-ring (bicyclic) bond motifs is 1. The molecule has 2 N–H and O–H groups in total. The van der Waals surface area contributed by atoms with Gasteiger partial charge in [0.15, 0.2) is 5.82 Å². The molecule has 1 atom stereocenters. The lowest BCUT2D eigenvalue weighted by Gasteiger charge is -2.30. The van der Waals surface area contributed by atoms with Gasteiger partial charge in [-0.1, -0.05) is 23.9 Å². The molecule has 2 aromatic heterocycles. The van der Waals surface area contributed by atoms with Gasteiger partial charge in [-0.05, 0) is 31.2 Å². The number of aromatic amines is 1. The summed E-state index contributed by atoms with van der Waals surface area (Å²) >= 11 is 1.24. The number of amides is 2. The standard InChI is InChI=1S/C18H16N6O2S/c1-11(27-18-21-16(22-23-18)12-6-8-19-9-7-12)17(26)24-10-15(25)20-13-4-2-3-5-14(13)24/h2-9,11H,10H2,1H3,(H,20,25)(H,21,22,23)/t11-/m0/s1. The molecule has 0 unspecified atom stereocenters. The summed E-state index contributed by atoms with van der Waals surface area (Å²) in [5, 5.41) is 9.84. The van der Waals surface area contributed by atoms with Gasteiger partial charge in [0, 0.05) is 18.0 Å². The van der Waals surface area contributed by atoms with E-state index in [1.165, 1.54) is 16.7 Å². The lowest BCUT2D eigenvalue weighted by Crippen LogP contribution is -2.45. The van der Waals surface area contributed by atoms with Crippen LogP contribution in [0.4, 0.5) is 11.4 Å². The van der Waals surface area contributed by atoms with Crippen molar-refractivity contribution in [2.45, 2.75) is 17.3 Å². The van der Waals surface area contributed by atoms with Crippen LogP contribution in [0.15, 0.2) is 53.9 Å². The Morgan fingerprint density at radius 3 is 2.81 bits per heavy atom. The molecule has 1 aliphatic rings. The number of nitrogens with one attached hydrogen (secondary N) is 2. The van der Waals surface area contributed by atoms with E-state index in [4.69, 9.17) is 0 Å². The first kappa shape index (κ1) is 17.2. The molecule has 2 amide bonds. The normalized spacial score (nSPS) is 14.4. The van der Waals surface area contributed by atoms with Crippen LogP contribution in [0.2, 0.25) is 0 Å². The van der Waals surface area contributed by atoms with Gasteiger partial charge < -0.3 is 5.32 Å². The van der Waals surface area contributed by atoms with Crippen LogP contribution < -0.4 is 10.2 Å². The smallest absolute Gasteiger partial charge is 0.244 e. The maximum atomic E-state index is 12.9. The number of para-hydroxylation sites is 2. The zero-order chi connectivity index (χ0) is 18.8. The highest BCUT2D eigenvalue weighted by Gasteiger charge is 2.30. The molecule has 1 aliphatic heterocycles. The summed E-state index contributed by atoms with van der Waals surface area (Å²) < 4.78 is 0. The van der Waals surface area contributed by atoms with Crippen LogP contribution in [-0.4, -0.2) is 43.8 Å². The van der Waals surface area contributed by atoms with Crippen LogP contribution in [0.5, 0.6) is 0 Å². The number of carbonyl (C=O) groups is 2. The highest BCUT2D eigenvalue weighted by molar-refractivity contribution is 8.00. The van der Waals surface area contributed by atoms with Gasteiger partial charge in [-0.3, -0.25) is 24.6 Å². The van der Waals surface area contributed by atoms with Crippen LogP contribution in [-0.2, 0) is 9.59 Å². The quantitative estimate of drug-likeness (QED) is 0.673. The highest BCUT2D eigenvalue weighted by Crippen LogP contribution is 2.31. The van der Waals surface area contributed by atoms with Gasteiger partial charge in [-0.2, -0.15) is 0 Å². The Bertz CT molecular complexity index is 990. The molecule has 1 aromatic carbocycles. The van der Waals surface area contributed by atoms with Crippen molar-refractivity contribution >= 4 is 35.0 Å². The third-order valence-electron chi connectivity index (χ3n) is 4.09. The average molecular weight is 380 g/mol. The van der Waals surface area contributed by atoms with E-state index in [2.05, 4.69) is 25.5 Å². The Morgan fingerprint density at radius 1 is 1.22 bits per heavy atom. The Balaban J connectivity index is 1.51. The van der Waals surface area contributed by atoms with Crippen molar-refractivity contribution in [2.75, 3.05) is 16.8 Å². The van der Waals surface area contributed by atoms with Crippen molar-refractivity contribution in [3.8, 4) is 11.4 Å². The van der Waals surface area contributed by atoms with Gasteiger partial charge in [-0.15, -0.1) is 5.10 Å². The van der Waals surface area contributed by atoms with E-state index in [1.807, 2.05) is 30.3 Å². The van der Waals surface area contributed by atoms with E-state index in [0.717, 1.165) is 5.56 Å². The number of aromatic nitrogens is 4. The summed E-state index contributed by atoms with van der Waals surface area (Å²) in [6.07, 6.45) is 3.35. The second kappa shape index (κ2) is 7.20. The van der Waals surface area contributed by atoms with Crippen LogP contribution in [0.25, 0.3) is 11.4 Å². The summed E-state index contributed by atoms with van der Waals surface area (Å²) in [4.78, 5) is 34.8. The van der Waals surface area contributed by atoms with Gasteiger partial charge in [-0.25, -0.2) is 4.98 Å². The van der Waals surface area contributed by atoms with Crippen LogP contribution >= 0.6 is 11.8 Å². The van der Waals surface area contributed by atoms with E-state index in [1.54, 1.807) is 25.4 Å². The van der Waals surface area contributed by atoms with Gasteiger partial charge in [0.25, 0.3) is 0 Å². The number of H-pyrrole nitrogens is 1. The van der Waals surface area contributed by atoms with Crippen molar-refractivity contribution in [3.63, 3.8) is 0 Å². The third kappa shape index (κ3) is 3.54. The van der Waals surface area contributed by atoms with Gasteiger partial charge in [0.05, 0.1) is 16.6 Å². The van der Waals surface area contributed by atoms with Crippen molar-refractivity contribution in [1.29, 1.82) is 0 Å². The van der Waals surface area contributed by atoms with E-state index >= 15 is 0 Å². The van der Waals surface area contributed by atoms with Crippen LogP contribution in [0, 0.1) is 0 Å². The number of thioether (sulfide) groups is 1. The predicted octanol–water partition coefficient (Wildman–Crippen LogP) is 2.33. The number of pyridine rings is 1. The Hall–Kier alpha value is -3.20. The minimum atomic E-state index is -0.454. The molecule has 0 spiro atoms. The Morgan fingerprint density at radius 2 is 2.00 bits per heavy atom. The van der Waals surface area contributed by atoms with Gasteiger partial charge in [0.1, 0.15) is 6.54 Å². The Labute approximate surface area is 159 Å². The summed E-state index contributed by atoms with van der Waals surface area (Å²) in [6, 6.07) is 10.9. The molecule has 0 fully saturated rings. The maximum absolute atomic E-state index is 12.9. The first-order chi connectivity index (χ1) is 13.1. The number of benzene rings is 1. The van der Waals surface area contributed by atoms with Crippen molar-refractivity contribution in [2.24, 2.45) is 0 Å². The minimum Gasteiger partial charge on any atom is -0.323 e. The largest absolute Gasteiger partial charge is 0.323 e. The molecule has 27 heavy (non-hydrogen) atoms. The molecule has 0 radical (unpaired) electrons. The minimum absolute atomic E-state index is 0.00297. The van der Waals surface area contributed by atoms with Crippen LogP contribution in [0.1, 0.15) is 6.92 Å². The summed E-state index contributed by atoms with van der Waals surface area (Å²) in [5.74, 6) is 0.233. The number of hydrogen-bond donors (Lipinski definition) is 2. The Kier molecular flexibility index (Phi) is 4.59. The molecule has 3 aromatic rings. The van der Waals surface area contributed by atoms with Crippen molar-refractivity contribution in [1.82, 2.24) is 20.2 Å². The molecular formula is C18H16N6O2S. The molecule has 0 saturated heterocycles. The first-order valence-corrected chi connectivity index (χ1v) is 9.19. The fourth-order valence-electron chi connectivity index (χ4n) is 2.80. The van der Waals surface area contributed by atoms with Crippen molar-refractivity contribution < 1.29 is 9.59 Å². The SMILES string of the molecule is C[C@H](Sc1n[nH]c(-c2ccncc2)n1)C(=O)N1CC(=O)Nc2ccccc21. The third-order valence-corrected chi connectivity index (χ3v) is 5.03. The number of carbonyl (C=O) groups excluding carboxylic acids is 2. The molecule has 136 valence electrons. The van der Waals surface area contributed by atoms with Crippen LogP contribution in [0.3, 0.4) is 0 Å². The predicted molar refractivity (Wildman–Crippen MR) is 102 cm³/mol. The number of rotatable bonds is 4. The zero-order valence-corrected chi connectivity index (χ0v) is 15.2. The summed E-state index contributed by atoms with van der Waals surface area (Å²) in [6.45, 7) is 1.78. The molecule has 4 rings (SSSR count). The lowest BCUT2D eigenvalue weighted by molar-refractivity contribution is -0.121. The molecule has 0 aliphatic carbocycles. The average Bonchev–Trinajstić information content (AvgIpc) is 3.16. The van der Waals surface area contributed by atoms with Gasteiger partial charge >= 0.3 is 0 Å². The monoisotopic (exact) mass is 380 g/mol. The molecule has 3 heterocycles. The summed E-state index contributed by atoms with van der Waals surface area (Å²) in [5.41, 5.74) is 2.20. The topological polar surface area (TPSA) is 104 Å². The fraction of sp³-hybridized carbons (Fsp3) is 0.167. The zero-order valence-electron chi connectivity index (χ0n) is 14.4. The van der Waals surface area contributed by atoms with E-state index < -0.39 is 5.25 Å². The van der Waals surface area contributed by atoms with E-state index in [-0.39, 0.29) is 18.4 Å². The number of anilines is 2. The second-order valence-electron chi connectivity index (χ2n) is 5.95. The molecule has 9 heteroatoms. The second-order valence-corrected chi connectivity index (χ2v) is 7.26. The van der Waals surface area contributed by atoms with Gasteiger partial charge in [0.2, 0.25) is 17.0 Å². The molecule has 8 nitrogen and oxygen atoms in total. The number of nitrogens with zero attached hydrogens (tertiary/aromatic N) is 4. The van der Waals surface area contributed by atoms with Crippen molar-refractivity contribution in [3.05, 3.63) is 48.8 Å².